The zero-order valence-electron chi connectivity index (χ0n) is 13.2. The van der Waals surface area contributed by atoms with E-state index in [4.69, 9.17) is 0 Å². The summed E-state index contributed by atoms with van der Waals surface area (Å²) in [4.78, 5) is 22.8. The smallest absolute Gasteiger partial charge is 0.266 e. The number of hydrogen-bond donors (Lipinski definition) is 0. The zero-order chi connectivity index (χ0) is 16.5. The van der Waals surface area contributed by atoms with Crippen molar-refractivity contribution < 1.29 is 0 Å². The molecule has 4 heterocycles. The van der Waals surface area contributed by atoms with E-state index in [9.17, 15) is 4.79 Å². The lowest BCUT2D eigenvalue weighted by Gasteiger charge is -2.38. The minimum atomic E-state index is -0.0761. The SMILES string of the molecule is Cc1nsc(N2CC(Cn3nc(-c4cccnc4)ccc3=O)C2)n1. The first-order chi connectivity index (χ1) is 11.7. The van der Waals surface area contributed by atoms with Crippen LogP contribution in [-0.4, -0.2) is 37.2 Å². The van der Waals surface area contributed by atoms with Gasteiger partial charge in [0.2, 0.25) is 5.13 Å². The fourth-order valence-corrected chi connectivity index (χ4v) is 3.44. The predicted molar refractivity (Wildman–Crippen MR) is 92.1 cm³/mol. The van der Waals surface area contributed by atoms with Crippen LogP contribution in [0.2, 0.25) is 0 Å². The lowest BCUT2D eigenvalue weighted by Crippen LogP contribution is -2.49. The molecule has 0 aromatic carbocycles. The van der Waals surface area contributed by atoms with Crippen LogP contribution in [0.25, 0.3) is 11.3 Å². The van der Waals surface area contributed by atoms with Crippen LogP contribution in [0, 0.1) is 12.8 Å². The van der Waals surface area contributed by atoms with Gasteiger partial charge in [0, 0.05) is 54.6 Å². The van der Waals surface area contributed by atoms with E-state index in [2.05, 4.69) is 24.3 Å². The molecule has 0 aliphatic carbocycles. The molecule has 3 aromatic heterocycles. The molecule has 8 heteroatoms. The quantitative estimate of drug-likeness (QED) is 0.718. The second kappa shape index (κ2) is 6.12. The molecule has 1 aliphatic rings. The van der Waals surface area contributed by atoms with E-state index < -0.39 is 0 Å². The molecular weight excluding hydrogens is 324 g/mol. The van der Waals surface area contributed by atoms with Gasteiger partial charge in [0.15, 0.2) is 0 Å². The van der Waals surface area contributed by atoms with Crippen molar-refractivity contribution in [3.63, 3.8) is 0 Å². The van der Waals surface area contributed by atoms with Crippen LogP contribution in [0.5, 0.6) is 0 Å². The van der Waals surface area contributed by atoms with Crippen LogP contribution in [-0.2, 0) is 6.54 Å². The van der Waals surface area contributed by atoms with Gasteiger partial charge in [-0.1, -0.05) is 0 Å². The maximum atomic E-state index is 12.1. The summed E-state index contributed by atoms with van der Waals surface area (Å²) in [5.74, 6) is 1.20. The third-order valence-electron chi connectivity index (χ3n) is 4.00. The van der Waals surface area contributed by atoms with Crippen LogP contribution in [0.3, 0.4) is 0 Å². The minimum Gasteiger partial charge on any atom is -0.346 e. The van der Waals surface area contributed by atoms with Gasteiger partial charge in [-0.05, 0) is 25.1 Å². The molecule has 0 saturated carbocycles. The highest BCUT2D eigenvalue weighted by atomic mass is 32.1. The normalized spacial score (nSPS) is 14.6. The van der Waals surface area contributed by atoms with Gasteiger partial charge in [-0.15, -0.1) is 0 Å². The maximum Gasteiger partial charge on any atom is 0.266 e. The molecule has 1 aliphatic heterocycles. The van der Waals surface area contributed by atoms with E-state index in [0.29, 0.717) is 12.5 Å². The molecule has 1 fully saturated rings. The number of hydrogen-bond acceptors (Lipinski definition) is 7. The fraction of sp³-hybridized carbons (Fsp3) is 0.312. The molecule has 122 valence electrons. The molecule has 0 N–H and O–H groups in total. The highest BCUT2D eigenvalue weighted by Crippen LogP contribution is 2.26. The van der Waals surface area contributed by atoms with Crippen LogP contribution in [0.4, 0.5) is 5.13 Å². The maximum absolute atomic E-state index is 12.1. The van der Waals surface area contributed by atoms with Gasteiger partial charge in [-0.3, -0.25) is 9.78 Å². The molecule has 0 bridgehead atoms. The van der Waals surface area contributed by atoms with Crippen molar-refractivity contribution in [2.75, 3.05) is 18.0 Å². The summed E-state index contributed by atoms with van der Waals surface area (Å²) in [6.07, 6.45) is 3.47. The Labute approximate surface area is 142 Å². The van der Waals surface area contributed by atoms with E-state index in [0.717, 1.165) is 35.3 Å². The fourth-order valence-electron chi connectivity index (χ4n) is 2.75. The first kappa shape index (κ1) is 14.9. The second-order valence-corrected chi connectivity index (χ2v) is 6.61. The summed E-state index contributed by atoms with van der Waals surface area (Å²) in [7, 11) is 0. The number of anilines is 1. The van der Waals surface area contributed by atoms with Crippen LogP contribution in [0.15, 0.2) is 41.5 Å². The van der Waals surface area contributed by atoms with Crippen molar-refractivity contribution in [1.82, 2.24) is 24.1 Å². The third kappa shape index (κ3) is 2.92. The van der Waals surface area contributed by atoms with Gasteiger partial charge < -0.3 is 4.90 Å². The van der Waals surface area contributed by atoms with Crippen molar-refractivity contribution in [2.24, 2.45) is 5.92 Å². The van der Waals surface area contributed by atoms with Crippen molar-refractivity contribution in [2.45, 2.75) is 13.5 Å². The van der Waals surface area contributed by atoms with Gasteiger partial charge in [0.25, 0.3) is 5.56 Å². The lowest BCUT2D eigenvalue weighted by atomic mass is 10.0. The average molecular weight is 340 g/mol. The first-order valence-electron chi connectivity index (χ1n) is 7.73. The summed E-state index contributed by atoms with van der Waals surface area (Å²) in [5.41, 5.74) is 1.59. The Morgan fingerprint density at radius 3 is 2.88 bits per heavy atom. The molecule has 0 atom stereocenters. The van der Waals surface area contributed by atoms with Gasteiger partial charge in [0.05, 0.1) is 12.2 Å². The van der Waals surface area contributed by atoms with Crippen molar-refractivity contribution in [3.05, 3.63) is 52.8 Å². The van der Waals surface area contributed by atoms with E-state index in [-0.39, 0.29) is 5.56 Å². The van der Waals surface area contributed by atoms with Gasteiger partial charge in [0.1, 0.15) is 5.82 Å². The molecule has 7 nitrogen and oxygen atoms in total. The molecule has 0 radical (unpaired) electrons. The Kier molecular flexibility index (Phi) is 3.81. The zero-order valence-corrected chi connectivity index (χ0v) is 14.0. The molecule has 4 rings (SSSR count). The first-order valence-corrected chi connectivity index (χ1v) is 8.50. The predicted octanol–water partition coefficient (Wildman–Crippen LogP) is 1.60. The summed E-state index contributed by atoms with van der Waals surface area (Å²) >= 11 is 1.42. The van der Waals surface area contributed by atoms with Crippen LogP contribution >= 0.6 is 11.5 Å². The highest BCUT2D eigenvalue weighted by Gasteiger charge is 2.29. The minimum absolute atomic E-state index is 0.0761. The van der Waals surface area contributed by atoms with E-state index in [1.807, 2.05) is 19.1 Å². The second-order valence-electron chi connectivity index (χ2n) is 5.88. The Bertz CT molecular complexity index is 900. The van der Waals surface area contributed by atoms with Crippen molar-refractivity contribution >= 4 is 16.7 Å². The molecule has 24 heavy (non-hydrogen) atoms. The number of aryl methyl sites for hydroxylation is 1. The highest BCUT2D eigenvalue weighted by molar-refractivity contribution is 7.09. The van der Waals surface area contributed by atoms with Crippen LogP contribution < -0.4 is 10.5 Å². The number of aromatic nitrogens is 5. The number of nitrogens with zero attached hydrogens (tertiary/aromatic N) is 6. The molecule has 3 aromatic rings. The van der Waals surface area contributed by atoms with Crippen LogP contribution in [0.1, 0.15) is 5.82 Å². The molecule has 0 unspecified atom stereocenters. The molecule has 0 amide bonds. The third-order valence-corrected chi connectivity index (χ3v) is 4.87. The summed E-state index contributed by atoms with van der Waals surface area (Å²) in [6, 6.07) is 7.11. The topological polar surface area (TPSA) is 76.8 Å². The van der Waals surface area contributed by atoms with Gasteiger partial charge in [-0.25, -0.2) is 9.67 Å². The number of pyridine rings is 1. The average Bonchev–Trinajstić information content (AvgIpc) is 2.99. The van der Waals surface area contributed by atoms with E-state index in [1.165, 1.54) is 11.5 Å². The monoisotopic (exact) mass is 340 g/mol. The molecule has 1 saturated heterocycles. The Balaban J connectivity index is 1.47. The Morgan fingerprint density at radius 1 is 1.29 bits per heavy atom. The summed E-state index contributed by atoms with van der Waals surface area (Å²) in [6.45, 7) is 4.26. The Hall–Kier alpha value is -2.61. The van der Waals surface area contributed by atoms with Gasteiger partial charge >= 0.3 is 0 Å². The lowest BCUT2D eigenvalue weighted by molar-refractivity contribution is 0.335. The number of rotatable bonds is 4. The molecule has 0 spiro atoms. The standard InChI is InChI=1S/C16H16N6OS/c1-11-18-16(24-20-11)21-8-12(9-21)10-22-15(23)5-4-14(19-22)13-3-2-6-17-7-13/h2-7,12H,8-10H2,1H3. The van der Waals surface area contributed by atoms with E-state index >= 15 is 0 Å². The summed E-state index contributed by atoms with van der Waals surface area (Å²) in [5, 5.41) is 5.44. The summed E-state index contributed by atoms with van der Waals surface area (Å²) < 4.78 is 5.75. The Morgan fingerprint density at radius 2 is 2.17 bits per heavy atom. The van der Waals surface area contributed by atoms with Gasteiger partial charge in [-0.2, -0.15) is 9.47 Å². The largest absolute Gasteiger partial charge is 0.346 e. The van der Waals surface area contributed by atoms with Crippen molar-refractivity contribution in [3.8, 4) is 11.3 Å². The molecular formula is C16H16N6OS. The van der Waals surface area contributed by atoms with Crippen molar-refractivity contribution in [1.29, 1.82) is 0 Å². The van der Waals surface area contributed by atoms with E-state index in [1.54, 1.807) is 29.2 Å².